The number of hydrogen-bond donors (Lipinski definition) is 0. The molecule has 7 nitrogen and oxygen atoms in total. The third-order valence-electron chi connectivity index (χ3n) is 5.62. The highest BCUT2D eigenvalue weighted by molar-refractivity contribution is 6.06. The molecule has 0 radical (unpaired) electrons. The Labute approximate surface area is 164 Å². The van der Waals surface area contributed by atoms with Gasteiger partial charge in [0.25, 0.3) is 12.2 Å². The maximum atomic E-state index is 13.1. The molecule has 4 aliphatic rings. The van der Waals surface area contributed by atoms with E-state index in [0.717, 1.165) is 24.8 Å². The summed E-state index contributed by atoms with van der Waals surface area (Å²) in [6.45, 7) is 6.97. The largest absolute Gasteiger partial charge is 0.458 e. The topological polar surface area (TPSA) is 82.1 Å². The molecule has 2 fully saturated rings. The van der Waals surface area contributed by atoms with E-state index in [2.05, 4.69) is 6.08 Å². The molecule has 4 atom stereocenters. The molecule has 1 saturated carbocycles. The number of hydrogen-bond acceptors (Lipinski definition) is 6. The van der Waals surface area contributed by atoms with Crippen molar-refractivity contribution in [1.82, 2.24) is 4.90 Å². The van der Waals surface area contributed by atoms with Crippen LogP contribution in [0, 0.1) is 11.8 Å². The molecule has 2 amide bonds. The number of rotatable bonds is 2. The van der Waals surface area contributed by atoms with Gasteiger partial charge in [0.15, 0.2) is 0 Å². The molecular weight excluding hydrogens is 362 g/mol. The molecule has 7 heteroatoms. The average Bonchev–Trinajstić information content (AvgIpc) is 3.28. The lowest BCUT2D eigenvalue weighted by Gasteiger charge is -2.27. The van der Waals surface area contributed by atoms with Gasteiger partial charge in [0.1, 0.15) is 5.60 Å². The molecule has 2 aliphatic heterocycles. The number of esters is 1. The summed E-state index contributed by atoms with van der Waals surface area (Å²) in [7, 11) is 0. The Hall–Kier alpha value is -2.57. The van der Waals surface area contributed by atoms with Crippen LogP contribution in [0.2, 0.25) is 0 Å². The van der Waals surface area contributed by atoms with E-state index in [1.165, 1.54) is 11.2 Å². The van der Waals surface area contributed by atoms with Crippen LogP contribution < -0.4 is 0 Å². The van der Waals surface area contributed by atoms with Crippen LogP contribution in [0.15, 0.2) is 35.1 Å². The maximum absolute atomic E-state index is 13.1. The summed E-state index contributed by atoms with van der Waals surface area (Å²) in [5.41, 5.74) is 1.35. The number of carbonyl (C=O) groups is 3. The lowest BCUT2D eigenvalue weighted by molar-refractivity contribution is -0.152. The standard InChI is InChI=1S/C21H25NO6/c1-11-8-16(27-19(11)24)26-10-15-14-9-12-6-5-7-13(12)17(14)22(18(15)23)20(25)28-21(2,3)4/h7-8,10,12,14,16-17H,5-6,9H2,1-4H3/b15-10+/t12-,14?,16?,17+/m0/s1. The first-order valence-corrected chi connectivity index (χ1v) is 9.67. The molecule has 1 saturated heterocycles. The van der Waals surface area contributed by atoms with Crippen molar-refractivity contribution in [3.8, 4) is 0 Å². The number of likely N-dealkylation sites (tertiary alicyclic amines) is 1. The number of cyclic esters (lactones) is 1. The quantitative estimate of drug-likeness (QED) is 0.313. The zero-order chi connectivity index (χ0) is 20.2. The first kappa shape index (κ1) is 18.8. The fourth-order valence-electron chi connectivity index (χ4n) is 4.48. The maximum Gasteiger partial charge on any atom is 0.417 e. The van der Waals surface area contributed by atoms with Gasteiger partial charge in [-0.05, 0) is 58.4 Å². The molecule has 0 aromatic heterocycles. The van der Waals surface area contributed by atoms with Crippen LogP contribution >= 0.6 is 0 Å². The minimum atomic E-state index is -0.845. The van der Waals surface area contributed by atoms with Gasteiger partial charge in [0.2, 0.25) is 0 Å². The zero-order valence-electron chi connectivity index (χ0n) is 16.6. The van der Waals surface area contributed by atoms with Crippen LogP contribution in [0.1, 0.15) is 47.0 Å². The van der Waals surface area contributed by atoms with Crippen molar-refractivity contribution in [3.63, 3.8) is 0 Å². The van der Waals surface area contributed by atoms with Gasteiger partial charge in [0.05, 0.1) is 17.9 Å². The molecule has 4 rings (SSSR count). The van der Waals surface area contributed by atoms with E-state index >= 15 is 0 Å². The van der Waals surface area contributed by atoms with E-state index in [4.69, 9.17) is 14.2 Å². The molecule has 2 unspecified atom stereocenters. The highest BCUT2D eigenvalue weighted by Crippen LogP contribution is 2.52. The molecule has 150 valence electrons. The fraction of sp³-hybridized carbons (Fsp3) is 0.571. The summed E-state index contributed by atoms with van der Waals surface area (Å²) in [6.07, 6.45) is 6.40. The highest BCUT2D eigenvalue weighted by Gasteiger charge is 2.56. The molecule has 2 aliphatic carbocycles. The van der Waals surface area contributed by atoms with Gasteiger partial charge < -0.3 is 14.2 Å². The number of carbonyl (C=O) groups excluding carboxylic acids is 3. The summed E-state index contributed by atoms with van der Waals surface area (Å²) in [5.74, 6) is -0.586. The fourth-order valence-corrected chi connectivity index (χ4v) is 4.48. The van der Waals surface area contributed by atoms with Crippen molar-refractivity contribution in [2.75, 3.05) is 0 Å². The summed E-state index contributed by atoms with van der Waals surface area (Å²) < 4.78 is 16.1. The van der Waals surface area contributed by atoms with Crippen LogP contribution in [0.5, 0.6) is 0 Å². The molecule has 0 aromatic carbocycles. The smallest absolute Gasteiger partial charge is 0.417 e. The molecule has 28 heavy (non-hydrogen) atoms. The van der Waals surface area contributed by atoms with Crippen molar-refractivity contribution in [2.45, 2.75) is 64.9 Å². The van der Waals surface area contributed by atoms with Crippen LogP contribution in [0.3, 0.4) is 0 Å². The summed E-state index contributed by atoms with van der Waals surface area (Å²) in [4.78, 5) is 38.6. The SMILES string of the molecule is CC1=CC(O/C=C2/C(=O)N(C(=O)OC(C)(C)C)[C@@H]3C4=CCC[C@H]4CC23)OC1=O. The highest BCUT2D eigenvalue weighted by atomic mass is 16.7. The van der Waals surface area contributed by atoms with Gasteiger partial charge in [-0.15, -0.1) is 0 Å². The van der Waals surface area contributed by atoms with Crippen LogP contribution in [0.4, 0.5) is 4.79 Å². The molecule has 0 N–H and O–H groups in total. The van der Waals surface area contributed by atoms with E-state index in [-0.39, 0.29) is 12.0 Å². The number of allylic oxidation sites excluding steroid dienone is 1. The van der Waals surface area contributed by atoms with E-state index in [0.29, 0.717) is 17.1 Å². The number of imide groups is 1. The number of fused-ring (bicyclic) bond motifs is 3. The Kier molecular flexibility index (Phi) is 4.36. The lowest BCUT2D eigenvalue weighted by atomic mass is 9.96. The second-order valence-electron chi connectivity index (χ2n) is 8.75. The first-order chi connectivity index (χ1) is 13.2. The summed E-state index contributed by atoms with van der Waals surface area (Å²) in [5, 5.41) is 0. The van der Waals surface area contributed by atoms with E-state index in [9.17, 15) is 14.4 Å². The monoisotopic (exact) mass is 387 g/mol. The Morgan fingerprint density at radius 1 is 1.32 bits per heavy atom. The first-order valence-electron chi connectivity index (χ1n) is 9.67. The number of nitrogens with zero attached hydrogens (tertiary/aromatic N) is 1. The summed E-state index contributed by atoms with van der Waals surface area (Å²) >= 11 is 0. The molecule has 0 aromatic rings. The van der Waals surface area contributed by atoms with Gasteiger partial charge >= 0.3 is 12.1 Å². The predicted molar refractivity (Wildman–Crippen MR) is 98.6 cm³/mol. The van der Waals surface area contributed by atoms with Gasteiger partial charge in [-0.2, -0.15) is 0 Å². The van der Waals surface area contributed by atoms with E-state index in [1.807, 2.05) is 0 Å². The summed E-state index contributed by atoms with van der Waals surface area (Å²) in [6, 6.07) is -0.312. The Bertz CT molecular complexity index is 830. The van der Waals surface area contributed by atoms with Gasteiger partial charge in [0, 0.05) is 17.6 Å². The Balaban J connectivity index is 1.61. The lowest BCUT2D eigenvalue weighted by Crippen LogP contribution is -2.43. The number of ether oxygens (including phenoxy) is 3. The Morgan fingerprint density at radius 2 is 2.07 bits per heavy atom. The second kappa shape index (κ2) is 6.50. The van der Waals surface area contributed by atoms with Crippen LogP contribution in [-0.2, 0) is 23.8 Å². The van der Waals surface area contributed by atoms with Crippen molar-refractivity contribution in [1.29, 1.82) is 0 Å². The average molecular weight is 387 g/mol. The van der Waals surface area contributed by atoms with Crippen molar-refractivity contribution >= 4 is 18.0 Å². The third-order valence-corrected chi connectivity index (χ3v) is 5.62. The van der Waals surface area contributed by atoms with Crippen molar-refractivity contribution in [2.24, 2.45) is 11.8 Å². The third kappa shape index (κ3) is 3.12. The van der Waals surface area contributed by atoms with Gasteiger partial charge in [-0.3, -0.25) is 4.79 Å². The Morgan fingerprint density at radius 3 is 2.71 bits per heavy atom. The second-order valence-corrected chi connectivity index (χ2v) is 8.75. The molecule has 0 bridgehead atoms. The predicted octanol–water partition coefficient (Wildman–Crippen LogP) is 3.22. The van der Waals surface area contributed by atoms with Crippen LogP contribution in [-0.4, -0.2) is 40.8 Å². The van der Waals surface area contributed by atoms with Gasteiger partial charge in [-0.25, -0.2) is 14.5 Å². The number of amides is 2. The minimum Gasteiger partial charge on any atom is -0.458 e. The molecular formula is C21H25NO6. The van der Waals surface area contributed by atoms with E-state index < -0.39 is 29.9 Å². The normalized spacial score (nSPS) is 32.9. The van der Waals surface area contributed by atoms with Gasteiger partial charge in [-0.1, -0.05) is 6.08 Å². The zero-order valence-corrected chi connectivity index (χ0v) is 16.6. The van der Waals surface area contributed by atoms with Crippen molar-refractivity contribution in [3.05, 3.63) is 35.1 Å². The minimum absolute atomic E-state index is 0.126. The molecule has 2 heterocycles. The van der Waals surface area contributed by atoms with E-state index in [1.54, 1.807) is 33.8 Å². The van der Waals surface area contributed by atoms with Crippen LogP contribution in [0.25, 0.3) is 0 Å². The van der Waals surface area contributed by atoms with Crippen molar-refractivity contribution < 1.29 is 28.6 Å². The molecule has 0 spiro atoms.